The smallest absolute Gasteiger partial charge is 0.316 e. The number of pyridine rings is 1. The molecule has 0 spiro atoms. The van der Waals surface area contributed by atoms with E-state index in [2.05, 4.69) is 4.98 Å². The number of anilines is 1. The van der Waals surface area contributed by atoms with Crippen LogP contribution in [0.15, 0.2) is 18.3 Å². The van der Waals surface area contributed by atoms with Gasteiger partial charge in [0, 0.05) is 11.9 Å². The number of thioether (sulfide) groups is 1. The first-order valence-corrected chi connectivity index (χ1v) is 6.52. The molecule has 0 aliphatic heterocycles. The Bertz CT molecular complexity index is 388. The normalized spacial score (nSPS) is 11.2. The predicted molar refractivity (Wildman–Crippen MR) is 70.7 cm³/mol. The van der Waals surface area contributed by atoms with Crippen LogP contribution in [0.1, 0.15) is 26.3 Å². The Morgan fingerprint density at radius 1 is 1.53 bits per heavy atom. The summed E-state index contributed by atoms with van der Waals surface area (Å²) in [5.74, 6) is 1.38. The summed E-state index contributed by atoms with van der Waals surface area (Å²) in [7, 11) is 0. The van der Waals surface area contributed by atoms with Crippen molar-refractivity contribution in [1.29, 1.82) is 0 Å². The number of hydrogen-bond donors (Lipinski definition) is 1. The summed E-state index contributed by atoms with van der Waals surface area (Å²) < 4.78 is 5.20. The number of esters is 1. The first-order valence-electron chi connectivity index (χ1n) is 5.37. The van der Waals surface area contributed by atoms with E-state index in [1.165, 1.54) is 11.8 Å². The van der Waals surface area contributed by atoms with Crippen molar-refractivity contribution in [2.75, 3.05) is 11.5 Å². The zero-order chi connectivity index (χ0) is 12.9. The predicted octanol–water partition coefficient (Wildman–Crippen LogP) is 2.24. The van der Waals surface area contributed by atoms with E-state index in [4.69, 9.17) is 10.5 Å². The molecule has 4 nitrogen and oxygen atoms in total. The van der Waals surface area contributed by atoms with Crippen LogP contribution in [0.3, 0.4) is 0 Å². The molecule has 2 N–H and O–H groups in total. The second kappa shape index (κ2) is 5.91. The fraction of sp³-hybridized carbons (Fsp3) is 0.500. The molecular formula is C12H18N2O2S. The summed E-state index contributed by atoms with van der Waals surface area (Å²) in [5, 5.41) is 0. The fourth-order valence-corrected chi connectivity index (χ4v) is 1.95. The summed E-state index contributed by atoms with van der Waals surface area (Å²) >= 11 is 1.51. The van der Waals surface area contributed by atoms with Gasteiger partial charge in [-0.25, -0.2) is 4.98 Å². The molecule has 17 heavy (non-hydrogen) atoms. The molecule has 0 unspecified atom stereocenters. The van der Waals surface area contributed by atoms with Gasteiger partial charge in [-0.1, -0.05) is 0 Å². The van der Waals surface area contributed by atoms with Crippen LogP contribution in [0.5, 0.6) is 0 Å². The van der Waals surface area contributed by atoms with E-state index in [0.717, 1.165) is 11.3 Å². The Hall–Kier alpha value is -1.23. The number of carbonyl (C=O) groups is 1. The third kappa shape index (κ3) is 6.16. The minimum atomic E-state index is -0.418. The summed E-state index contributed by atoms with van der Waals surface area (Å²) in [6.07, 6.45) is 1.67. The van der Waals surface area contributed by atoms with E-state index in [9.17, 15) is 4.79 Å². The molecule has 94 valence electrons. The Kier molecular flexibility index (Phi) is 4.81. The lowest BCUT2D eigenvalue weighted by Crippen LogP contribution is -2.24. The number of carbonyl (C=O) groups excluding carboxylic acids is 1. The van der Waals surface area contributed by atoms with Gasteiger partial charge in [0.25, 0.3) is 0 Å². The Morgan fingerprint density at radius 3 is 2.82 bits per heavy atom. The zero-order valence-corrected chi connectivity index (χ0v) is 11.2. The van der Waals surface area contributed by atoms with Crippen molar-refractivity contribution in [1.82, 2.24) is 4.98 Å². The molecule has 1 rings (SSSR count). The van der Waals surface area contributed by atoms with Gasteiger partial charge in [-0.3, -0.25) is 4.79 Å². The van der Waals surface area contributed by atoms with E-state index < -0.39 is 5.60 Å². The highest BCUT2D eigenvalue weighted by Gasteiger charge is 2.15. The molecule has 1 aromatic heterocycles. The van der Waals surface area contributed by atoms with Crippen LogP contribution in [0.25, 0.3) is 0 Å². The van der Waals surface area contributed by atoms with Gasteiger partial charge in [0.2, 0.25) is 0 Å². The molecule has 0 saturated carbocycles. The number of ether oxygens (including phenoxy) is 1. The Balaban J connectivity index is 2.31. The second-order valence-electron chi connectivity index (χ2n) is 4.67. The third-order valence-corrected chi connectivity index (χ3v) is 2.73. The molecule has 1 aromatic rings. The molecule has 0 aliphatic rings. The van der Waals surface area contributed by atoms with Gasteiger partial charge in [-0.05, 0) is 38.5 Å². The topological polar surface area (TPSA) is 65.2 Å². The molecule has 0 saturated heterocycles. The van der Waals surface area contributed by atoms with Crippen molar-refractivity contribution in [2.24, 2.45) is 0 Å². The van der Waals surface area contributed by atoms with Crippen LogP contribution in [0, 0.1) is 0 Å². The number of nitrogens with two attached hydrogens (primary N) is 1. The quantitative estimate of drug-likeness (QED) is 0.835. The molecule has 0 aromatic carbocycles. The highest BCUT2D eigenvalue weighted by molar-refractivity contribution is 7.99. The SMILES string of the molecule is CC(C)(C)OC(=O)CSCc1ccnc(N)c1. The van der Waals surface area contributed by atoms with E-state index in [-0.39, 0.29) is 5.97 Å². The highest BCUT2D eigenvalue weighted by Crippen LogP contribution is 2.15. The van der Waals surface area contributed by atoms with Crippen molar-refractivity contribution in [2.45, 2.75) is 32.1 Å². The van der Waals surface area contributed by atoms with Crippen molar-refractivity contribution < 1.29 is 9.53 Å². The maximum absolute atomic E-state index is 11.4. The average Bonchev–Trinajstić information content (AvgIpc) is 2.14. The fourth-order valence-electron chi connectivity index (χ4n) is 1.21. The van der Waals surface area contributed by atoms with Gasteiger partial charge in [0.15, 0.2) is 0 Å². The second-order valence-corrected chi connectivity index (χ2v) is 5.65. The number of aromatic nitrogens is 1. The summed E-state index contributed by atoms with van der Waals surface area (Å²) in [4.78, 5) is 15.3. The first-order chi connectivity index (χ1) is 7.87. The van der Waals surface area contributed by atoms with E-state index in [1.54, 1.807) is 6.20 Å². The summed E-state index contributed by atoms with van der Waals surface area (Å²) in [5.41, 5.74) is 6.20. The molecular weight excluding hydrogens is 236 g/mol. The highest BCUT2D eigenvalue weighted by atomic mass is 32.2. The molecule has 0 fully saturated rings. The van der Waals surface area contributed by atoms with Gasteiger partial charge >= 0.3 is 5.97 Å². The van der Waals surface area contributed by atoms with Gasteiger partial charge in [-0.15, -0.1) is 11.8 Å². The van der Waals surface area contributed by atoms with Crippen molar-refractivity contribution in [3.63, 3.8) is 0 Å². The summed E-state index contributed by atoms with van der Waals surface area (Å²) in [6, 6.07) is 3.69. The number of rotatable bonds is 4. The molecule has 5 heteroatoms. The first kappa shape index (κ1) is 13.8. The van der Waals surface area contributed by atoms with E-state index in [0.29, 0.717) is 11.6 Å². The van der Waals surface area contributed by atoms with Crippen LogP contribution in [-0.2, 0) is 15.3 Å². The Morgan fingerprint density at radius 2 is 2.24 bits per heavy atom. The molecule has 0 bridgehead atoms. The standard InChI is InChI=1S/C12H18N2O2S/c1-12(2,3)16-11(15)8-17-7-9-4-5-14-10(13)6-9/h4-6H,7-8H2,1-3H3,(H2,13,14). The van der Waals surface area contributed by atoms with Crippen LogP contribution in [-0.4, -0.2) is 22.3 Å². The monoisotopic (exact) mass is 254 g/mol. The van der Waals surface area contributed by atoms with Gasteiger partial charge in [-0.2, -0.15) is 0 Å². The van der Waals surface area contributed by atoms with Crippen molar-refractivity contribution >= 4 is 23.5 Å². The molecule has 0 aliphatic carbocycles. The van der Waals surface area contributed by atoms with E-state index in [1.807, 2.05) is 32.9 Å². The molecule has 1 heterocycles. The van der Waals surface area contributed by atoms with Crippen LogP contribution in [0.2, 0.25) is 0 Å². The van der Waals surface area contributed by atoms with Gasteiger partial charge in [0.1, 0.15) is 11.4 Å². The minimum absolute atomic E-state index is 0.190. The van der Waals surface area contributed by atoms with Gasteiger partial charge < -0.3 is 10.5 Å². The molecule has 0 atom stereocenters. The van der Waals surface area contributed by atoms with Crippen molar-refractivity contribution in [3.05, 3.63) is 23.9 Å². The maximum atomic E-state index is 11.4. The minimum Gasteiger partial charge on any atom is -0.459 e. The van der Waals surface area contributed by atoms with E-state index >= 15 is 0 Å². The largest absolute Gasteiger partial charge is 0.459 e. The number of nitrogen functional groups attached to an aromatic ring is 1. The summed E-state index contributed by atoms with van der Waals surface area (Å²) in [6.45, 7) is 5.58. The number of nitrogens with zero attached hydrogens (tertiary/aromatic N) is 1. The Labute approximate surface area is 106 Å². The average molecular weight is 254 g/mol. The molecule has 0 amide bonds. The van der Waals surface area contributed by atoms with Crippen molar-refractivity contribution in [3.8, 4) is 0 Å². The van der Waals surface area contributed by atoms with Crippen LogP contribution in [0.4, 0.5) is 5.82 Å². The van der Waals surface area contributed by atoms with Crippen LogP contribution < -0.4 is 5.73 Å². The zero-order valence-electron chi connectivity index (χ0n) is 10.4. The molecule has 0 radical (unpaired) electrons. The van der Waals surface area contributed by atoms with Gasteiger partial charge in [0.05, 0.1) is 5.75 Å². The number of hydrogen-bond acceptors (Lipinski definition) is 5. The maximum Gasteiger partial charge on any atom is 0.316 e. The lowest BCUT2D eigenvalue weighted by Gasteiger charge is -2.19. The lowest BCUT2D eigenvalue weighted by molar-refractivity contribution is -0.151. The van der Waals surface area contributed by atoms with Crippen LogP contribution >= 0.6 is 11.8 Å². The third-order valence-electron chi connectivity index (χ3n) is 1.75. The lowest BCUT2D eigenvalue weighted by atomic mass is 10.2.